The minimum atomic E-state index is -0.403. The molecule has 0 atom stereocenters. The molecule has 0 aromatic rings. The number of nitrogens with zero attached hydrogens (tertiary/aromatic N) is 1. The van der Waals surface area contributed by atoms with Crippen LogP contribution in [0, 0.1) is 0 Å². The molecule has 1 aliphatic heterocycles. The first kappa shape index (κ1) is 16.8. The molecule has 0 aromatic carbocycles. The lowest BCUT2D eigenvalue weighted by molar-refractivity contribution is -0.306. The zero-order valence-corrected chi connectivity index (χ0v) is 11.2. The Labute approximate surface area is 109 Å². The topological polar surface area (TPSA) is 92.9 Å². The lowest BCUT2D eigenvalue weighted by Gasteiger charge is -2.12. The summed E-state index contributed by atoms with van der Waals surface area (Å²) in [6, 6.07) is 0. The van der Waals surface area contributed by atoms with E-state index in [1.54, 1.807) is 20.8 Å². The summed E-state index contributed by atoms with van der Waals surface area (Å²) in [5, 5.41) is 7.90. The Kier molecular flexibility index (Phi) is 7.42. The van der Waals surface area contributed by atoms with E-state index in [9.17, 15) is 9.59 Å². The molecule has 6 heteroatoms. The fourth-order valence-electron chi connectivity index (χ4n) is 1.07. The minimum absolute atomic E-state index is 0. The van der Waals surface area contributed by atoms with E-state index in [4.69, 9.17) is 11.0 Å². The zero-order chi connectivity index (χ0) is 14.2. The van der Waals surface area contributed by atoms with Crippen molar-refractivity contribution in [2.75, 3.05) is 13.1 Å². The highest BCUT2D eigenvalue weighted by Gasteiger charge is 2.21. The summed E-state index contributed by atoms with van der Waals surface area (Å²) in [6.45, 7) is 6.40. The second kappa shape index (κ2) is 7.97. The number of imide groups is 1. The number of carbonyl (C=O) groups is 2. The quantitative estimate of drug-likeness (QED) is 0.342. The van der Waals surface area contributed by atoms with Crippen LogP contribution in [-0.4, -0.2) is 40.7 Å². The van der Waals surface area contributed by atoms with Crippen LogP contribution in [0.4, 0.5) is 0 Å². The van der Waals surface area contributed by atoms with Gasteiger partial charge in [0.1, 0.15) is 0 Å². The van der Waals surface area contributed by atoms with Crippen molar-refractivity contribution in [1.29, 1.82) is 0 Å². The molecule has 0 bridgehead atoms. The second-order valence-corrected chi connectivity index (χ2v) is 4.86. The van der Waals surface area contributed by atoms with E-state index in [0.29, 0.717) is 13.1 Å². The molecule has 0 aliphatic carbocycles. The molecule has 2 amide bonds. The maximum absolute atomic E-state index is 11.0. The molecule has 1 heterocycles. The van der Waals surface area contributed by atoms with E-state index in [2.05, 4.69) is 4.89 Å². The van der Waals surface area contributed by atoms with Gasteiger partial charge in [0.15, 0.2) is 0 Å². The van der Waals surface area contributed by atoms with Crippen molar-refractivity contribution >= 4 is 11.8 Å². The number of carbonyl (C=O) groups excluding carboxylic acids is 2. The van der Waals surface area contributed by atoms with E-state index in [1.165, 1.54) is 17.1 Å². The number of unbranched alkanes of at least 4 members (excludes halogenated alkanes) is 1. The lowest BCUT2D eigenvalue weighted by Crippen LogP contribution is -2.31. The molecule has 18 heavy (non-hydrogen) atoms. The molecular formula is C12H24N2O4. The number of amides is 2. The van der Waals surface area contributed by atoms with Crippen molar-refractivity contribution in [1.82, 2.24) is 4.90 Å². The van der Waals surface area contributed by atoms with E-state index >= 15 is 0 Å². The van der Waals surface area contributed by atoms with Gasteiger partial charge >= 0.3 is 0 Å². The van der Waals surface area contributed by atoms with Gasteiger partial charge in [-0.25, -0.2) is 4.89 Å². The maximum Gasteiger partial charge on any atom is 0.253 e. The van der Waals surface area contributed by atoms with Gasteiger partial charge in [0.05, 0.1) is 5.60 Å². The predicted octanol–water partition coefficient (Wildman–Crippen LogP) is 1.17. The molecule has 0 unspecified atom stereocenters. The van der Waals surface area contributed by atoms with Gasteiger partial charge in [0, 0.05) is 20.1 Å². The Morgan fingerprint density at radius 2 is 1.72 bits per heavy atom. The molecule has 0 saturated heterocycles. The smallest absolute Gasteiger partial charge is 0.253 e. The van der Waals surface area contributed by atoms with Gasteiger partial charge in [-0.05, 0) is 40.2 Å². The molecule has 6 nitrogen and oxygen atoms in total. The van der Waals surface area contributed by atoms with Crippen LogP contribution in [0.25, 0.3) is 0 Å². The fourth-order valence-corrected chi connectivity index (χ4v) is 1.07. The molecule has 0 spiro atoms. The van der Waals surface area contributed by atoms with Gasteiger partial charge < -0.3 is 5.73 Å². The highest BCUT2D eigenvalue weighted by atomic mass is 17.1. The average Bonchev–Trinajstić information content (AvgIpc) is 2.61. The lowest BCUT2D eigenvalue weighted by atomic mass is 10.2. The van der Waals surface area contributed by atoms with Crippen LogP contribution in [-0.2, 0) is 14.5 Å². The Hall–Kier alpha value is -1.24. The van der Waals surface area contributed by atoms with Crippen molar-refractivity contribution in [2.24, 2.45) is 5.73 Å². The Bertz CT molecular complexity index is 295. The zero-order valence-electron chi connectivity index (χ0n) is 11.2. The standard InChI is InChI=1S/C8H12N2O2.C4H10O2.H2/c9-5-1-2-6-10-7(11)3-4-8(10)12;1-4(2,3)6-5;/h3-4H,1-2,5-6,9H2;5H,1-3H3;1H. The third-order valence-corrected chi connectivity index (χ3v) is 2.01. The summed E-state index contributed by atoms with van der Waals surface area (Å²) in [5.74, 6) is -0.422. The van der Waals surface area contributed by atoms with Gasteiger partial charge in [-0.15, -0.1) is 0 Å². The van der Waals surface area contributed by atoms with E-state index < -0.39 is 5.60 Å². The van der Waals surface area contributed by atoms with Crippen LogP contribution in [0.3, 0.4) is 0 Å². The molecule has 106 valence electrons. The van der Waals surface area contributed by atoms with Crippen LogP contribution in [0.5, 0.6) is 0 Å². The molecule has 1 rings (SSSR count). The van der Waals surface area contributed by atoms with Gasteiger partial charge in [-0.3, -0.25) is 19.7 Å². The van der Waals surface area contributed by atoms with Crippen molar-refractivity contribution in [2.45, 2.75) is 39.2 Å². The van der Waals surface area contributed by atoms with E-state index in [0.717, 1.165) is 12.8 Å². The van der Waals surface area contributed by atoms with Crippen molar-refractivity contribution in [3.8, 4) is 0 Å². The third-order valence-electron chi connectivity index (χ3n) is 2.01. The van der Waals surface area contributed by atoms with Crippen molar-refractivity contribution in [3.05, 3.63) is 12.2 Å². The largest absolute Gasteiger partial charge is 0.330 e. The predicted molar refractivity (Wildman–Crippen MR) is 69.7 cm³/mol. The van der Waals surface area contributed by atoms with Crippen LogP contribution < -0.4 is 5.73 Å². The Morgan fingerprint density at radius 1 is 1.28 bits per heavy atom. The number of rotatable bonds is 4. The number of hydrogen-bond acceptors (Lipinski definition) is 5. The average molecular weight is 260 g/mol. The minimum Gasteiger partial charge on any atom is -0.330 e. The second-order valence-electron chi connectivity index (χ2n) is 4.86. The van der Waals surface area contributed by atoms with E-state index in [1.807, 2.05) is 0 Å². The molecule has 0 saturated carbocycles. The first-order valence-corrected chi connectivity index (χ1v) is 5.88. The van der Waals surface area contributed by atoms with Crippen molar-refractivity contribution in [3.63, 3.8) is 0 Å². The molecule has 1 aliphatic rings. The first-order valence-electron chi connectivity index (χ1n) is 5.88. The summed E-state index contributed by atoms with van der Waals surface area (Å²) < 4.78 is 0. The maximum atomic E-state index is 11.0. The normalized spacial score (nSPS) is 14.8. The van der Waals surface area contributed by atoms with Crippen molar-refractivity contribution < 1.29 is 21.2 Å². The van der Waals surface area contributed by atoms with Gasteiger partial charge in [0.25, 0.3) is 11.8 Å². The van der Waals surface area contributed by atoms with Crippen LogP contribution >= 0.6 is 0 Å². The summed E-state index contributed by atoms with van der Waals surface area (Å²) in [7, 11) is 0. The number of hydrogen-bond donors (Lipinski definition) is 2. The highest BCUT2D eigenvalue weighted by molar-refractivity contribution is 6.12. The van der Waals surface area contributed by atoms with Gasteiger partial charge in [0.2, 0.25) is 0 Å². The Balaban J connectivity index is 0. The monoisotopic (exact) mass is 260 g/mol. The molecule has 0 fully saturated rings. The van der Waals surface area contributed by atoms with Crippen LogP contribution in [0.15, 0.2) is 12.2 Å². The third kappa shape index (κ3) is 7.16. The fraction of sp³-hybridized carbons (Fsp3) is 0.667. The van der Waals surface area contributed by atoms with Gasteiger partial charge in [-0.2, -0.15) is 0 Å². The summed E-state index contributed by atoms with van der Waals surface area (Å²) in [5.41, 5.74) is 4.88. The van der Waals surface area contributed by atoms with E-state index in [-0.39, 0.29) is 13.2 Å². The SMILES string of the molecule is CC(C)(C)OO.NCCCCN1C(=O)C=CC1=O.[HH]. The summed E-state index contributed by atoms with van der Waals surface area (Å²) >= 11 is 0. The molecule has 0 aromatic heterocycles. The molecule has 0 radical (unpaired) electrons. The highest BCUT2D eigenvalue weighted by Crippen LogP contribution is 2.04. The molecule has 3 N–H and O–H groups in total. The van der Waals surface area contributed by atoms with Crippen LogP contribution in [0.1, 0.15) is 35.0 Å². The van der Waals surface area contributed by atoms with Gasteiger partial charge in [-0.1, -0.05) is 0 Å². The Morgan fingerprint density at radius 3 is 2.06 bits per heavy atom. The van der Waals surface area contributed by atoms with Crippen LogP contribution in [0.2, 0.25) is 0 Å². The first-order chi connectivity index (χ1) is 8.31. The number of nitrogens with two attached hydrogens (primary N) is 1. The molecular weight excluding hydrogens is 236 g/mol. The summed E-state index contributed by atoms with van der Waals surface area (Å²) in [6.07, 6.45) is 4.22. The summed E-state index contributed by atoms with van der Waals surface area (Å²) in [4.78, 5) is 27.1.